The number of carbonyl (C=O) groups is 2. The number of piperidine rings is 1. The zero-order chi connectivity index (χ0) is 21.3. The number of phenolic OH excluding ortho intramolecular Hbond substituents is 1. The Labute approximate surface area is 174 Å². The Hall–Kier alpha value is -2.77. The molecule has 2 aromatic rings. The molecule has 7 heteroatoms. The summed E-state index contributed by atoms with van der Waals surface area (Å²) >= 11 is 0. The van der Waals surface area contributed by atoms with E-state index in [1.165, 1.54) is 29.2 Å². The monoisotopic (exact) mass is 412 g/mol. The molecule has 4 rings (SSSR count). The third-order valence-corrected chi connectivity index (χ3v) is 6.14. The first-order valence-corrected chi connectivity index (χ1v) is 10.2. The van der Waals surface area contributed by atoms with Crippen molar-refractivity contribution in [3.63, 3.8) is 0 Å². The van der Waals surface area contributed by atoms with E-state index in [-0.39, 0.29) is 35.7 Å². The molecule has 2 aliphatic rings. The number of phenols is 1. The molecule has 0 aromatic heterocycles. The van der Waals surface area contributed by atoms with Gasteiger partial charge in [0.2, 0.25) is 5.91 Å². The molecule has 30 heavy (non-hydrogen) atoms. The van der Waals surface area contributed by atoms with Gasteiger partial charge in [0, 0.05) is 18.7 Å². The Balaban J connectivity index is 1.31. The molecule has 0 bridgehead atoms. The Morgan fingerprint density at radius 1 is 1.03 bits per heavy atom. The minimum Gasteiger partial charge on any atom is -0.508 e. The van der Waals surface area contributed by atoms with Gasteiger partial charge < -0.3 is 15.1 Å². The van der Waals surface area contributed by atoms with E-state index in [2.05, 4.69) is 4.90 Å². The summed E-state index contributed by atoms with van der Waals surface area (Å²) in [5, 5.41) is 20.2. The molecule has 2 amide bonds. The molecular weight excluding hydrogens is 387 g/mol. The lowest BCUT2D eigenvalue weighted by Gasteiger charge is -2.35. The molecule has 2 aromatic carbocycles. The fourth-order valence-corrected chi connectivity index (χ4v) is 4.33. The van der Waals surface area contributed by atoms with Crippen LogP contribution in [0.15, 0.2) is 42.5 Å². The van der Waals surface area contributed by atoms with Crippen LogP contribution >= 0.6 is 0 Å². The van der Waals surface area contributed by atoms with Crippen molar-refractivity contribution in [2.75, 3.05) is 26.2 Å². The lowest BCUT2D eigenvalue weighted by Crippen LogP contribution is -2.47. The number of aliphatic hydroxyl groups is 1. The molecule has 0 spiro atoms. The number of carbonyl (C=O) groups excluding carboxylic acids is 2. The second-order valence-electron chi connectivity index (χ2n) is 8.04. The van der Waals surface area contributed by atoms with Crippen LogP contribution in [0, 0.1) is 11.7 Å². The van der Waals surface area contributed by atoms with Crippen molar-refractivity contribution < 1.29 is 24.2 Å². The molecule has 1 fully saturated rings. The first kappa shape index (κ1) is 20.5. The topological polar surface area (TPSA) is 81.1 Å². The van der Waals surface area contributed by atoms with Gasteiger partial charge in [-0.2, -0.15) is 0 Å². The van der Waals surface area contributed by atoms with Crippen LogP contribution in [0.2, 0.25) is 0 Å². The van der Waals surface area contributed by atoms with Gasteiger partial charge in [-0.1, -0.05) is 18.2 Å². The summed E-state index contributed by atoms with van der Waals surface area (Å²) in [7, 11) is 0. The molecule has 1 saturated heterocycles. The maximum absolute atomic E-state index is 13.1. The SMILES string of the molecule is O=C1Cc2ccc(O)cc2C(=O)N1CCN1CCC(C(O)c2ccc(F)cc2)CC1. The van der Waals surface area contributed by atoms with Crippen molar-refractivity contribution >= 4 is 11.8 Å². The predicted molar refractivity (Wildman–Crippen MR) is 108 cm³/mol. The van der Waals surface area contributed by atoms with Crippen LogP contribution in [0.3, 0.4) is 0 Å². The van der Waals surface area contributed by atoms with Gasteiger partial charge in [0.15, 0.2) is 0 Å². The first-order valence-electron chi connectivity index (χ1n) is 10.2. The number of amides is 2. The smallest absolute Gasteiger partial charge is 0.260 e. The van der Waals surface area contributed by atoms with Crippen molar-refractivity contribution in [3.05, 3.63) is 65.0 Å². The van der Waals surface area contributed by atoms with E-state index < -0.39 is 6.10 Å². The number of aliphatic hydroxyl groups excluding tert-OH is 1. The highest BCUT2D eigenvalue weighted by molar-refractivity contribution is 6.09. The molecule has 158 valence electrons. The Kier molecular flexibility index (Phi) is 5.83. The number of fused-ring (bicyclic) bond motifs is 1. The normalized spacial score (nSPS) is 19.1. The Bertz CT molecular complexity index is 939. The number of halogens is 1. The van der Waals surface area contributed by atoms with Gasteiger partial charge in [0.1, 0.15) is 11.6 Å². The zero-order valence-electron chi connectivity index (χ0n) is 16.6. The summed E-state index contributed by atoms with van der Waals surface area (Å²) in [5.74, 6) is -0.794. The molecule has 1 atom stereocenters. The molecule has 0 radical (unpaired) electrons. The van der Waals surface area contributed by atoms with Crippen LogP contribution in [-0.2, 0) is 11.2 Å². The minimum absolute atomic E-state index is 0.0122. The van der Waals surface area contributed by atoms with Gasteiger partial charge in [-0.25, -0.2) is 4.39 Å². The summed E-state index contributed by atoms with van der Waals surface area (Å²) in [6.07, 6.45) is 1.11. The predicted octanol–water partition coefficient (Wildman–Crippen LogP) is 2.50. The van der Waals surface area contributed by atoms with Crippen LogP contribution in [0.25, 0.3) is 0 Å². The van der Waals surface area contributed by atoms with E-state index in [9.17, 15) is 24.2 Å². The average molecular weight is 412 g/mol. The maximum Gasteiger partial charge on any atom is 0.260 e. The summed E-state index contributed by atoms with van der Waals surface area (Å²) in [5.41, 5.74) is 1.76. The first-order chi connectivity index (χ1) is 14.4. The zero-order valence-corrected chi connectivity index (χ0v) is 16.6. The number of hydrogen-bond donors (Lipinski definition) is 2. The minimum atomic E-state index is -0.623. The van der Waals surface area contributed by atoms with E-state index in [0.29, 0.717) is 24.2 Å². The number of aromatic hydroxyl groups is 1. The van der Waals surface area contributed by atoms with Crippen molar-refractivity contribution in [1.82, 2.24) is 9.80 Å². The number of hydrogen-bond acceptors (Lipinski definition) is 5. The maximum atomic E-state index is 13.1. The highest BCUT2D eigenvalue weighted by Gasteiger charge is 2.32. The van der Waals surface area contributed by atoms with Gasteiger partial charge in [-0.15, -0.1) is 0 Å². The molecule has 0 aliphatic carbocycles. The molecular formula is C23H25FN2O4. The van der Waals surface area contributed by atoms with Crippen LogP contribution < -0.4 is 0 Å². The van der Waals surface area contributed by atoms with E-state index >= 15 is 0 Å². The van der Waals surface area contributed by atoms with Gasteiger partial charge in [-0.3, -0.25) is 14.5 Å². The third-order valence-electron chi connectivity index (χ3n) is 6.14. The summed E-state index contributed by atoms with van der Waals surface area (Å²) in [6.45, 7) is 2.40. The van der Waals surface area contributed by atoms with Crippen LogP contribution in [0.4, 0.5) is 4.39 Å². The number of nitrogens with zero attached hydrogens (tertiary/aromatic N) is 2. The summed E-state index contributed by atoms with van der Waals surface area (Å²) in [6, 6.07) is 10.5. The van der Waals surface area contributed by atoms with E-state index in [1.54, 1.807) is 18.2 Å². The lowest BCUT2D eigenvalue weighted by molar-refractivity contribution is -0.128. The van der Waals surface area contributed by atoms with Crippen molar-refractivity contribution in [2.24, 2.45) is 5.92 Å². The van der Waals surface area contributed by atoms with Gasteiger partial charge in [-0.05, 0) is 67.2 Å². The number of rotatable bonds is 5. The number of likely N-dealkylation sites (tertiary alicyclic amines) is 1. The fourth-order valence-electron chi connectivity index (χ4n) is 4.33. The van der Waals surface area contributed by atoms with Gasteiger partial charge in [0.05, 0.1) is 12.5 Å². The second-order valence-corrected chi connectivity index (χ2v) is 8.04. The van der Waals surface area contributed by atoms with Crippen molar-refractivity contribution in [3.8, 4) is 5.75 Å². The highest BCUT2D eigenvalue weighted by Crippen LogP contribution is 2.31. The van der Waals surface area contributed by atoms with Crippen LogP contribution in [-0.4, -0.2) is 58.0 Å². The fraction of sp³-hybridized carbons (Fsp3) is 0.391. The Morgan fingerprint density at radius 3 is 2.43 bits per heavy atom. The second kappa shape index (κ2) is 8.53. The van der Waals surface area contributed by atoms with Crippen LogP contribution in [0.1, 0.15) is 40.4 Å². The van der Waals surface area contributed by atoms with Crippen molar-refractivity contribution in [1.29, 1.82) is 0 Å². The quantitative estimate of drug-likeness (QED) is 0.738. The Morgan fingerprint density at radius 2 is 1.73 bits per heavy atom. The molecule has 2 aliphatic heterocycles. The molecule has 0 saturated carbocycles. The molecule has 2 heterocycles. The van der Waals surface area contributed by atoms with Gasteiger partial charge >= 0.3 is 0 Å². The molecule has 6 nitrogen and oxygen atoms in total. The largest absolute Gasteiger partial charge is 0.508 e. The van der Waals surface area contributed by atoms with Crippen LogP contribution in [0.5, 0.6) is 5.75 Å². The van der Waals surface area contributed by atoms with E-state index in [4.69, 9.17) is 0 Å². The molecule has 2 N–H and O–H groups in total. The lowest BCUT2D eigenvalue weighted by atomic mass is 9.87. The number of benzene rings is 2. The van der Waals surface area contributed by atoms with Gasteiger partial charge in [0.25, 0.3) is 5.91 Å². The summed E-state index contributed by atoms with van der Waals surface area (Å²) < 4.78 is 13.1. The third kappa shape index (κ3) is 4.22. The standard InChI is InChI=1S/C23H25FN2O4/c24-18-4-1-15(2-5-18)22(29)16-7-9-25(10-8-16)11-12-26-21(28)13-17-3-6-19(27)14-20(17)23(26)30/h1-6,14,16,22,27,29H,7-13H2. The summed E-state index contributed by atoms with van der Waals surface area (Å²) in [4.78, 5) is 28.6. The highest BCUT2D eigenvalue weighted by atomic mass is 19.1. The number of imide groups is 1. The molecule has 1 unspecified atom stereocenters. The van der Waals surface area contributed by atoms with E-state index in [0.717, 1.165) is 31.5 Å². The van der Waals surface area contributed by atoms with Crippen molar-refractivity contribution in [2.45, 2.75) is 25.4 Å². The average Bonchev–Trinajstić information content (AvgIpc) is 2.75. The van der Waals surface area contributed by atoms with E-state index in [1.807, 2.05) is 0 Å².